The van der Waals surface area contributed by atoms with Gasteiger partial charge in [-0.2, -0.15) is 9.49 Å². The Bertz CT molecular complexity index is 570. The van der Waals surface area contributed by atoms with Crippen molar-refractivity contribution in [3.8, 4) is 0 Å². The molecule has 6 nitrogen and oxygen atoms in total. The summed E-state index contributed by atoms with van der Waals surface area (Å²) in [6.45, 7) is 1.12. The van der Waals surface area contributed by atoms with Gasteiger partial charge in [-0.05, 0) is 12.1 Å². The zero-order chi connectivity index (χ0) is 13.7. The molecule has 1 amide bonds. The highest BCUT2D eigenvalue weighted by Crippen LogP contribution is 2.07. The Morgan fingerprint density at radius 2 is 2.37 bits per heavy atom. The largest absolute Gasteiger partial charge is 0.383 e. The van der Waals surface area contributed by atoms with Gasteiger partial charge >= 0.3 is 0 Å². The van der Waals surface area contributed by atoms with Crippen LogP contribution < -0.4 is 5.32 Å². The first-order chi connectivity index (χ1) is 9.19. The van der Waals surface area contributed by atoms with Crippen molar-refractivity contribution in [2.75, 3.05) is 19.0 Å². The molecule has 0 saturated carbocycles. The van der Waals surface area contributed by atoms with Gasteiger partial charge in [-0.1, -0.05) is 6.07 Å². The fraction of sp³-hybridized carbons (Fsp3) is 0.250. The van der Waals surface area contributed by atoms with Gasteiger partial charge in [0.05, 0.1) is 25.0 Å². The predicted molar refractivity (Wildman–Crippen MR) is 66.3 cm³/mol. The van der Waals surface area contributed by atoms with Crippen molar-refractivity contribution >= 4 is 11.6 Å². The normalized spacial score (nSPS) is 10.4. The number of anilines is 1. The maximum absolute atomic E-state index is 12.9. The number of amides is 1. The molecular weight excluding hydrogens is 251 g/mol. The summed E-state index contributed by atoms with van der Waals surface area (Å²) in [5.41, 5.74) is 0.539. The monoisotopic (exact) mass is 264 g/mol. The van der Waals surface area contributed by atoms with Crippen LogP contribution in [-0.2, 0) is 11.3 Å². The second kappa shape index (κ2) is 6.05. The zero-order valence-corrected chi connectivity index (χ0v) is 10.3. The molecule has 7 heteroatoms. The van der Waals surface area contributed by atoms with Gasteiger partial charge in [-0.15, -0.1) is 0 Å². The maximum atomic E-state index is 12.9. The first-order valence-corrected chi connectivity index (χ1v) is 5.64. The molecule has 0 aliphatic heterocycles. The molecule has 0 bridgehead atoms. The van der Waals surface area contributed by atoms with Crippen LogP contribution in [0.3, 0.4) is 0 Å². The molecular formula is C12H13FN4O2. The second-order valence-electron chi connectivity index (χ2n) is 3.78. The molecule has 0 fully saturated rings. The van der Waals surface area contributed by atoms with Gasteiger partial charge in [-0.3, -0.25) is 9.48 Å². The molecule has 19 heavy (non-hydrogen) atoms. The highest BCUT2D eigenvalue weighted by molar-refractivity contribution is 6.02. The number of pyridine rings is 1. The Morgan fingerprint density at radius 1 is 1.53 bits per heavy atom. The molecule has 2 heterocycles. The van der Waals surface area contributed by atoms with E-state index in [2.05, 4.69) is 15.4 Å². The number of aromatic nitrogens is 3. The number of nitrogens with zero attached hydrogens (tertiary/aromatic N) is 3. The zero-order valence-electron chi connectivity index (χ0n) is 10.3. The molecule has 0 saturated heterocycles. The van der Waals surface area contributed by atoms with E-state index in [4.69, 9.17) is 4.74 Å². The quantitative estimate of drug-likeness (QED) is 0.827. The Morgan fingerprint density at radius 3 is 3.11 bits per heavy atom. The van der Waals surface area contributed by atoms with Crippen LogP contribution in [0.2, 0.25) is 0 Å². The second-order valence-corrected chi connectivity index (χ2v) is 3.78. The Labute approximate surface area is 109 Å². The minimum absolute atomic E-state index is 0.0182. The van der Waals surface area contributed by atoms with Gasteiger partial charge in [0, 0.05) is 13.3 Å². The van der Waals surface area contributed by atoms with E-state index in [0.717, 1.165) is 0 Å². The van der Waals surface area contributed by atoms with Crippen molar-refractivity contribution in [3.63, 3.8) is 0 Å². The average molecular weight is 264 g/mol. The van der Waals surface area contributed by atoms with Gasteiger partial charge in [0.25, 0.3) is 5.91 Å². The molecule has 0 atom stereocenters. The predicted octanol–water partition coefficient (Wildman–Crippen LogP) is 1.32. The molecule has 100 valence electrons. The van der Waals surface area contributed by atoms with E-state index in [1.165, 1.54) is 24.4 Å². The lowest BCUT2D eigenvalue weighted by atomic mass is 10.3. The topological polar surface area (TPSA) is 69.0 Å². The fourth-order valence-electron chi connectivity index (χ4n) is 1.47. The summed E-state index contributed by atoms with van der Waals surface area (Å²) in [6.07, 6.45) is 3.17. The summed E-state index contributed by atoms with van der Waals surface area (Å²) in [4.78, 5) is 15.3. The van der Waals surface area contributed by atoms with Crippen molar-refractivity contribution < 1.29 is 13.9 Å². The molecule has 1 N–H and O–H groups in total. The molecule has 0 aromatic carbocycles. The SMILES string of the molecule is COCCn1cc(NC(=O)c2cccc(F)n2)cn1. The first-order valence-electron chi connectivity index (χ1n) is 5.64. The molecule has 2 aromatic heterocycles. The molecule has 0 aliphatic carbocycles. The third-order valence-electron chi connectivity index (χ3n) is 2.36. The van der Waals surface area contributed by atoms with E-state index in [9.17, 15) is 9.18 Å². The van der Waals surface area contributed by atoms with Crippen molar-refractivity contribution in [2.24, 2.45) is 0 Å². The van der Waals surface area contributed by atoms with E-state index < -0.39 is 11.9 Å². The van der Waals surface area contributed by atoms with E-state index in [-0.39, 0.29) is 5.69 Å². The Balaban J connectivity index is 2.00. The van der Waals surface area contributed by atoms with Gasteiger partial charge in [0.1, 0.15) is 5.69 Å². The summed E-state index contributed by atoms with van der Waals surface area (Å²) in [6, 6.07) is 4.05. The van der Waals surface area contributed by atoms with Crippen LogP contribution in [0.5, 0.6) is 0 Å². The van der Waals surface area contributed by atoms with Crippen molar-refractivity contribution in [3.05, 3.63) is 42.2 Å². The van der Waals surface area contributed by atoms with Gasteiger partial charge in [0.2, 0.25) is 5.95 Å². The van der Waals surface area contributed by atoms with Crippen LogP contribution in [0.15, 0.2) is 30.6 Å². The van der Waals surface area contributed by atoms with Crippen LogP contribution in [0, 0.1) is 5.95 Å². The number of hydrogen-bond donors (Lipinski definition) is 1. The summed E-state index contributed by atoms with van der Waals surface area (Å²) in [5, 5.41) is 6.64. The number of methoxy groups -OCH3 is 1. The standard InChI is InChI=1S/C12H13FN4O2/c1-19-6-5-17-8-9(7-14-17)15-12(18)10-3-2-4-11(13)16-10/h2-4,7-8H,5-6H2,1H3,(H,15,18). The third-order valence-corrected chi connectivity index (χ3v) is 2.36. The van der Waals surface area contributed by atoms with Gasteiger partial charge in [-0.25, -0.2) is 4.98 Å². The lowest BCUT2D eigenvalue weighted by Crippen LogP contribution is -2.13. The first kappa shape index (κ1) is 13.2. The van der Waals surface area contributed by atoms with Crippen LogP contribution in [0.25, 0.3) is 0 Å². The number of hydrogen-bond acceptors (Lipinski definition) is 4. The highest BCUT2D eigenvalue weighted by atomic mass is 19.1. The minimum Gasteiger partial charge on any atom is -0.383 e. The molecule has 0 spiro atoms. The number of nitrogens with one attached hydrogen (secondary N) is 1. The van der Waals surface area contributed by atoms with Gasteiger partial charge < -0.3 is 10.1 Å². The lowest BCUT2D eigenvalue weighted by molar-refractivity contribution is 0.102. The summed E-state index contributed by atoms with van der Waals surface area (Å²) >= 11 is 0. The lowest BCUT2D eigenvalue weighted by Gasteiger charge is -2.01. The maximum Gasteiger partial charge on any atom is 0.274 e. The number of halogens is 1. The van der Waals surface area contributed by atoms with E-state index in [1.54, 1.807) is 18.0 Å². The minimum atomic E-state index is -0.691. The highest BCUT2D eigenvalue weighted by Gasteiger charge is 2.09. The van der Waals surface area contributed by atoms with Crippen LogP contribution >= 0.6 is 0 Å². The Hall–Kier alpha value is -2.28. The van der Waals surface area contributed by atoms with Crippen LogP contribution in [0.1, 0.15) is 10.5 Å². The molecule has 0 unspecified atom stereocenters. The van der Waals surface area contributed by atoms with Crippen molar-refractivity contribution in [2.45, 2.75) is 6.54 Å². The van der Waals surface area contributed by atoms with Crippen molar-refractivity contribution in [1.29, 1.82) is 0 Å². The number of ether oxygens (including phenoxy) is 1. The van der Waals surface area contributed by atoms with Crippen LogP contribution in [0.4, 0.5) is 10.1 Å². The smallest absolute Gasteiger partial charge is 0.274 e. The summed E-state index contributed by atoms with van der Waals surface area (Å²) < 4.78 is 19.4. The fourth-order valence-corrected chi connectivity index (χ4v) is 1.47. The van der Waals surface area contributed by atoms with Crippen molar-refractivity contribution in [1.82, 2.24) is 14.8 Å². The van der Waals surface area contributed by atoms with E-state index in [1.807, 2.05) is 0 Å². The van der Waals surface area contributed by atoms with Gasteiger partial charge in [0.15, 0.2) is 0 Å². The molecule has 0 radical (unpaired) electrons. The Kier molecular flexibility index (Phi) is 4.19. The van der Waals surface area contributed by atoms with E-state index >= 15 is 0 Å². The van der Waals surface area contributed by atoms with Crippen LogP contribution in [-0.4, -0.2) is 34.4 Å². The van der Waals surface area contributed by atoms with E-state index in [0.29, 0.717) is 18.8 Å². The molecule has 0 aliphatic rings. The third kappa shape index (κ3) is 3.59. The average Bonchev–Trinajstić information content (AvgIpc) is 2.84. The number of rotatable bonds is 5. The summed E-state index contributed by atoms with van der Waals surface area (Å²) in [5.74, 6) is -1.17. The molecule has 2 rings (SSSR count). The number of carbonyl (C=O) groups excluding carboxylic acids is 1. The number of carbonyl (C=O) groups is 1. The summed E-state index contributed by atoms with van der Waals surface area (Å²) in [7, 11) is 1.60. The molecule has 2 aromatic rings.